The van der Waals surface area contributed by atoms with Crippen molar-refractivity contribution in [2.45, 2.75) is 37.5 Å². The zero-order valence-electron chi connectivity index (χ0n) is 7.86. The molecule has 3 atom stereocenters. The molecule has 1 unspecified atom stereocenters. The maximum atomic E-state index is 9.09. The summed E-state index contributed by atoms with van der Waals surface area (Å²) in [6.07, 6.45) is 2.03. The first-order chi connectivity index (χ1) is 5.60. The molecule has 4 heteroatoms. The Morgan fingerprint density at radius 2 is 1.42 bits per heavy atom. The summed E-state index contributed by atoms with van der Waals surface area (Å²) in [4.78, 5) is 0. The van der Waals surface area contributed by atoms with Gasteiger partial charge in [-0.05, 0) is 19.3 Å². The molecule has 74 valence electrons. The lowest BCUT2D eigenvalue weighted by molar-refractivity contribution is 0.111. The van der Waals surface area contributed by atoms with Crippen molar-refractivity contribution in [3.8, 4) is 0 Å². The second-order valence-electron chi connectivity index (χ2n) is 3.29. The molecule has 1 aliphatic rings. The van der Waals surface area contributed by atoms with E-state index < -0.39 is 0 Å². The van der Waals surface area contributed by atoms with Crippen LogP contribution < -0.4 is 11.5 Å². The zero-order chi connectivity index (χ0) is 9.56. The highest BCUT2D eigenvalue weighted by Crippen LogP contribution is 2.15. The number of methoxy groups -OCH3 is 1. The Morgan fingerprint density at radius 3 is 1.67 bits per heavy atom. The average molecular weight is 176 g/mol. The molecule has 1 aliphatic carbocycles. The Kier molecular flexibility index (Phi) is 6.28. The van der Waals surface area contributed by atoms with Gasteiger partial charge in [0.2, 0.25) is 0 Å². The summed E-state index contributed by atoms with van der Waals surface area (Å²) in [5, 5.41) is 9.09. The molecule has 4 nitrogen and oxygen atoms in total. The fourth-order valence-corrected chi connectivity index (χ4v) is 1.38. The maximum Gasteiger partial charge on any atom is 0.0569 e. The number of nitrogens with two attached hydrogens (primary N) is 2. The third-order valence-electron chi connectivity index (χ3n) is 1.76. The smallest absolute Gasteiger partial charge is 0.0569 e. The molecule has 0 radical (unpaired) electrons. The van der Waals surface area contributed by atoms with Gasteiger partial charge in [-0.3, -0.25) is 0 Å². The van der Waals surface area contributed by atoms with Gasteiger partial charge in [-0.25, -0.2) is 0 Å². The van der Waals surface area contributed by atoms with Crippen molar-refractivity contribution in [3.63, 3.8) is 0 Å². The molecule has 0 saturated heterocycles. The Bertz CT molecular complexity index is 86.2. The fourth-order valence-electron chi connectivity index (χ4n) is 1.38. The highest BCUT2D eigenvalue weighted by Gasteiger charge is 2.22. The minimum absolute atomic E-state index is 0.115. The summed E-state index contributed by atoms with van der Waals surface area (Å²) in [5.41, 5.74) is 11.2. The van der Waals surface area contributed by atoms with Gasteiger partial charge in [0.15, 0.2) is 0 Å². The van der Waals surface area contributed by atoms with E-state index in [2.05, 4.69) is 4.74 Å². The van der Waals surface area contributed by atoms with Crippen LogP contribution in [0.5, 0.6) is 0 Å². The van der Waals surface area contributed by atoms with Crippen LogP contribution in [-0.2, 0) is 4.74 Å². The van der Waals surface area contributed by atoms with Crippen molar-refractivity contribution < 1.29 is 9.84 Å². The SMILES string of the molecule is COC.N[C@@H]1CC(O)C[C@H](N)C1. The largest absolute Gasteiger partial charge is 0.393 e. The van der Waals surface area contributed by atoms with Gasteiger partial charge in [0.1, 0.15) is 0 Å². The topological polar surface area (TPSA) is 81.5 Å². The van der Waals surface area contributed by atoms with Crippen LogP contribution in [0.1, 0.15) is 19.3 Å². The number of hydrogen-bond donors (Lipinski definition) is 3. The van der Waals surface area contributed by atoms with Crippen molar-refractivity contribution in [1.29, 1.82) is 0 Å². The first kappa shape index (κ1) is 11.8. The molecule has 12 heavy (non-hydrogen) atoms. The molecule has 1 rings (SSSR count). The number of ether oxygens (including phenoxy) is 1. The molecule has 5 N–H and O–H groups in total. The van der Waals surface area contributed by atoms with Crippen LogP contribution >= 0.6 is 0 Å². The molecule has 1 saturated carbocycles. The van der Waals surface area contributed by atoms with E-state index in [1.807, 2.05) is 0 Å². The third-order valence-corrected chi connectivity index (χ3v) is 1.76. The van der Waals surface area contributed by atoms with E-state index >= 15 is 0 Å². The van der Waals surface area contributed by atoms with Gasteiger partial charge >= 0.3 is 0 Å². The predicted molar refractivity (Wildman–Crippen MR) is 48.7 cm³/mol. The molecular formula is C8H20N2O2. The van der Waals surface area contributed by atoms with Gasteiger partial charge in [0.25, 0.3) is 0 Å². The highest BCUT2D eigenvalue weighted by molar-refractivity contribution is 4.82. The van der Waals surface area contributed by atoms with Gasteiger partial charge in [0.05, 0.1) is 6.10 Å². The Hall–Kier alpha value is -0.160. The second kappa shape index (κ2) is 6.37. The first-order valence-electron chi connectivity index (χ1n) is 4.19. The zero-order valence-corrected chi connectivity index (χ0v) is 7.86. The summed E-state index contributed by atoms with van der Waals surface area (Å²) < 4.78 is 4.25. The van der Waals surface area contributed by atoms with E-state index in [9.17, 15) is 0 Å². The summed E-state index contributed by atoms with van der Waals surface area (Å²) in [5.74, 6) is 0. The molecule has 0 aromatic heterocycles. The van der Waals surface area contributed by atoms with Crippen molar-refractivity contribution in [2.24, 2.45) is 11.5 Å². The van der Waals surface area contributed by atoms with Crippen LogP contribution in [0.15, 0.2) is 0 Å². The quantitative estimate of drug-likeness (QED) is 0.462. The lowest BCUT2D eigenvalue weighted by Gasteiger charge is -2.27. The fraction of sp³-hybridized carbons (Fsp3) is 1.00. The van der Waals surface area contributed by atoms with E-state index in [0.717, 1.165) is 6.42 Å². The van der Waals surface area contributed by atoms with Crippen molar-refractivity contribution in [3.05, 3.63) is 0 Å². The van der Waals surface area contributed by atoms with Gasteiger partial charge in [0, 0.05) is 26.3 Å². The van der Waals surface area contributed by atoms with Crippen LogP contribution in [-0.4, -0.2) is 37.5 Å². The van der Waals surface area contributed by atoms with Crippen molar-refractivity contribution in [1.82, 2.24) is 0 Å². The summed E-state index contributed by atoms with van der Waals surface area (Å²) in [6.45, 7) is 0. The minimum atomic E-state index is -0.260. The monoisotopic (exact) mass is 176 g/mol. The van der Waals surface area contributed by atoms with Crippen molar-refractivity contribution in [2.75, 3.05) is 14.2 Å². The molecule has 0 amide bonds. The van der Waals surface area contributed by atoms with Gasteiger partial charge in [-0.1, -0.05) is 0 Å². The Balaban J connectivity index is 0.000000354. The van der Waals surface area contributed by atoms with Gasteiger partial charge < -0.3 is 21.3 Å². The van der Waals surface area contributed by atoms with Gasteiger partial charge in [-0.2, -0.15) is 0 Å². The molecule has 0 bridgehead atoms. The van der Waals surface area contributed by atoms with Crippen LogP contribution in [0.2, 0.25) is 0 Å². The van der Waals surface area contributed by atoms with E-state index in [1.54, 1.807) is 14.2 Å². The number of aliphatic hydroxyl groups is 1. The molecule has 0 aromatic rings. The van der Waals surface area contributed by atoms with Crippen LogP contribution in [0, 0.1) is 0 Å². The maximum absolute atomic E-state index is 9.09. The van der Waals surface area contributed by atoms with Crippen LogP contribution in [0.3, 0.4) is 0 Å². The normalized spacial score (nSPS) is 35.2. The van der Waals surface area contributed by atoms with Gasteiger partial charge in [-0.15, -0.1) is 0 Å². The third kappa shape index (κ3) is 5.49. The number of aliphatic hydroxyl groups excluding tert-OH is 1. The Labute approximate surface area is 73.9 Å². The summed E-state index contributed by atoms with van der Waals surface area (Å²) in [6, 6.07) is 0.229. The molecule has 0 spiro atoms. The molecule has 0 aliphatic heterocycles. The van der Waals surface area contributed by atoms with E-state index in [0.29, 0.717) is 12.8 Å². The highest BCUT2D eigenvalue weighted by atomic mass is 16.4. The molecular weight excluding hydrogens is 156 g/mol. The number of rotatable bonds is 0. The number of hydrogen-bond acceptors (Lipinski definition) is 4. The molecule has 0 heterocycles. The predicted octanol–water partition coefficient (Wildman–Crippen LogP) is -0.552. The lowest BCUT2D eigenvalue weighted by Crippen LogP contribution is -2.41. The Morgan fingerprint density at radius 1 is 1.08 bits per heavy atom. The average Bonchev–Trinajstić information content (AvgIpc) is 1.84. The summed E-state index contributed by atoms with van der Waals surface area (Å²) >= 11 is 0. The molecule has 1 fully saturated rings. The molecule has 0 aromatic carbocycles. The lowest BCUT2D eigenvalue weighted by atomic mass is 9.90. The van der Waals surface area contributed by atoms with Crippen LogP contribution in [0.4, 0.5) is 0 Å². The first-order valence-corrected chi connectivity index (χ1v) is 4.19. The van der Waals surface area contributed by atoms with E-state index in [1.165, 1.54) is 0 Å². The van der Waals surface area contributed by atoms with Crippen LogP contribution in [0.25, 0.3) is 0 Å². The minimum Gasteiger partial charge on any atom is -0.393 e. The standard InChI is InChI=1S/C6H14N2O.C2H6O/c7-4-1-5(8)3-6(9)2-4;1-3-2/h4-6,9H,1-3,7-8H2;1-2H3/t4-,5+,6?;. The van der Waals surface area contributed by atoms with E-state index in [-0.39, 0.29) is 18.2 Å². The second-order valence-corrected chi connectivity index (χ2v) is 3.29. The summed E-state index contributed by atoms with van der Waals surface area (Å²) in [7, 11) is 3.25. The van der Waals surface area contributed by atoms with Crippen molar-refractivity contribution >= 4 is 0 Å². The van der Waals surface area contributed by atoms with E-state index in [4.69, 9.17) is 16.6 Å².